The van der Waals surface area contributed by atoms with Crippen molar-refractivity contribution < 1.29 is 14.1 Å². The topological polar surface area (TPSA) is 42.2 Å². The highest BCUT2D eigenvalue weighted by molar-refractivity contribution is 5.69. The molecule has 0 aliphatic heterocycles. The van der Waals surface area contributed by atoms with Crippen LogP contribution in [0.3, 0.4) is 0 Å². The lowest BCUT2D eigenvalue weighted by atomic mass is 9.92. The number of hydrogen-bond acceptors (Lipinski definition) is 2. The predicted molar refractivity (Wildman–Crippen MR) is 132 cm³/mol. The number of alkyl carbamates (subject to hydrolysis) is 1. The van der Waals surface area contributed by atoms with Crippen molar-refractivity contribution in [2.24, 2.45) is 0 Å². The molecule has 0 bridgehead atoms. The van der Waals surface area contributed by atoms with Crippen LogP contribution in [0.15, 0.2) is 55.4 Å². The van der Waals surface area contributed by atoms with Gasteiger partial charge in [-0.05, 0) is 56.4 Å². The monoisotopic (exact) mass is 437 g/mol. The van der Waals surface area contributed by atoms with Crippen molar-refractivity contribution in [1.29, 1.82) is 0 Å². The Morgan fingerprint density at radius 3 is 2.44 bits per heavy atom. The Hall–Kier alpha value is -2.62. The van der Waals surface area contributed by atoms with Crippen LogP contribution in [0.5, 0.6) is 0 Å². The molecule has 2 rings (SSSR count). The number of carbonyl (C=O) groups is 1. The van der Waals surface area contributed by atoms with Crippen molar-refractivity contribution in [3.8, 4) is 0 Å². The van der Waals surface area contributed by atoms with Crippen LogP contribution in [-0.4, -0.2) is 12.7 Å². The third-order valence-corrected chi connectivity index (χ3v) is 5.85. The van der Waals surface area contributed by atoms with Gasteiger partial charge in [-0.25, -0.2) is 9.36 Å². The zero-order chi connectivity index (χ0) is 23.4. The average molecular weight is 438 g/mol. The first-order valence-electron chi connectivity index (χ1n) is 12.0. The molecule has 0 aliphatic carbocycles. The number of nitrogens with zero attached hydrogens (tertiary/aromatic N) is 1. The molecule has 0 atom stereocenters. The van der Waals surface area contributed by atoms with E-state index in [1.165, 1.54) is 44.1 Å². The largest absolute Gasteiger partial charge is 0.443 e. The predicted octanol–water partition coefficient (Wildman–Crippen LogP) is 6.57. The van der Waals surface area contributed by atoms with E-state index >= 15 is 0 Å². The van der Waals surface area contributed by atoms with Crippen molar-refractivity contribution in [1.82, 2.24) is 5.32 Å². The van der Waals surface area contributed by atoms with E-state index in [4.69, 9.17) is 4.74 Å². The molecule has 0 saturated heterocycles. The van der Waals surface area contributed by atoms with Crippen LogP contribution in [0.2, 0.25) is 0 Å². The summed E-state index contributed by atoms with van der Waals surface area (Å²) in [7, 11) is 0. The van der Waals surface area contributed by atoms with Gasteiger partial charge in [-0.2, -0.15) is 0 Å². The minimum absolute atomic E-state index is 0.329. The second-order valence-corrected chi connectivity index (χ2v) is 9.21. The Bertz CT molecular complexity index is 856. The van der Waals surface area contributed by atoms with E-state index in [1.54, 1.807) is 0 Å². The zero-order valence-corrected chi connectivity index (χ0v) is 20.5. The molecule has 1 aromatic carbocycles. The SMILES string of the molecule is C=C(C)c1cccc(C(C)(C)NC(=O)OCC[n+]2ccc(CCCCCCCC)cc2)c1. The van der Waals surface area contributed by atoms with Gasteiger partial charge >= 0.3 is 6.09 Å². The van der Waals surface area contributed by atoms with Crippen molar-refractivity contribution in [2.75, 3.05) is 6.61 Å². The van der Waals surface area contributed by atoms with E-state index in [9.17, 15) is 4.79 Å². The summed E-state index contributed by atoms with van der Waals surface area (Å²) in [5, 5.41) is 2.98. The molecule has 0 spiro atoms. The summed E-state index contributed by atoms with van der Waals surface area (Å²) in [5.41, 5.74) is 3.93. The fourth-order valence-electron chi connectivity index (χ4n) is 3.69. The van der Waals surface area contributed by atoms with Crippen molar-refractivity contribution >= 4 is 11.7 Å². The number of aryl methyl sites for hydroxylation is 1. The lowest BCUT2D eigenvalue weighted by Crippen LogP contribution is -2.43. The molecule has 1 aromatic heterocycles. The van der Waals surface area contributed by atoms with E-state index in [1.807, 2.05) is 39.0 Å². The molecular formula is C28H41N2O2+. The van der Waals surface area contributed by atoms with Crippen molar-refractivity contribution in [3.05, 3.63) is 72.1 Å². The number of amides is 1. The number of pyridine rings is 1. The summed E-state index contributed by atoms with van der Waals surface area (Å²) in [6.07, 6.45) is 12.8. The zero-order valence-electron chi connectivity index (χ0n) is 20.5. The summed E-state index contributed by atoms with van der Waals surface area (Å²) < 4.78 is 7.49. The van der Waals surface area contributed by atoms with Crippen LogP contribution < -0.4 is 9.88 Å². The van der Waals surface area contributed by atoms with Gasteiger partial charge in [0.15, 0.2) is 25.5 Å². The Morgan fingerprint density at radius 2 is 1.75 bits per heavy atom. The van der Waals surface area contributed by atoms with Crippen molar-refractivity contribution in [3.63, 3.8) is 0 Å². The van der Waals surface area contributed by atoms with E-state index in [-0.39, 0.29) is 0 Å². The number of unbranched alkanes of at least 4 members (excludes halogenated alkanes) is 5. The van der Waals surface area contributed by atoms with Gasteiger partial charge in [0.05, 0.1) is 5.54 Å². The highest BCUT2D eigenvalue weighted by Crippen LogP contribution is 2.23. The molecule has 0 unspecified atom stereocenters. The molecule has 0 radical (unpaired) electrons. The summed E-state index contributed by atoms with van der Waals surface area (Å²) in [6.45, 7) is 13.1. The van der Waals surface area contributed by atoms with E-state index in [0.29, 0.717) is 13.2 Å². The summed E-state index contributed by atoms with van der Waals surface area (Å²) in [5.74, 6) is 0. The highest BCUT2D eigenvalue weighted by atomic mass is 16.5. The maximum absolute atomic E-state index is 12.3. The summed E-state index contributed by atoms with van der Waals surface area (Å²) in [6, 6.07) is 12.4. The van der Waals surface area contributed by atoms with Gasteiger partial charge in [-0.15, -0.1) is 0 Å². The smallest absolute Gasteiger partial charge is 0.408 e. The second-order valence-electron chi connectivity index (χ2n) is 9.21. The molecule has 0 fully saturated rings. The van der Waals surface area contributed by atoms with Gasteiger partial charge in [0.2, 0.25) is 0 Å². The lowest BCUT2D eigenvalue weighted by molar-refractivity contribution is -0.697. The van der Waals surface area contributed by atoms with Gasteiger partial charge < -0.3 is 10.1 Å². The lowest BCUT2D eigenvalue weighted by Gasteiger charge is -2.27. The Morgan fingerprint density at radius 1 is 1.06 bits per heavy atom. The van der Waals surface area contributed by atoms with Crippen LogP contribution in [0.1, 0.15) is 82.9 Å². The first-order chi connectivity index (χ1) is 15.3. The minimum Gasteiger partial charge on any atom is -0.443 e. The quantitative estimate of drug-likeness (QED) is 0.284. The second kappa shape index (κ2) is 13.0. The summed E-state index contributed by atoms with van der Waals surface area (Å²) in [4.78, 5) is 12.3. The number of nitrogens with one attached hydrogen (secondary N) is 1. The van der Waals surface area contributed by atoms with Gasteiger partial charge in [-0.1, -0.05) is 69.4 Å². The highest BCUT2D eigenvalue weighted by Gasteiger charge is 2.24. The molecule has 1 amide bonds. The Labute approximate surface area is 194 Å². The maximum atomic E-state index is 12.3. The van der Waals surface area contributed by atoms with Gasteiger partial charge in [-0.3, -0.25) is 0 Å². The fraction of sp³-hybridized carbons (Fsp3) is 0.500. The van der Waals surface area contributed by atoms with E-state index < -0.39 is 11.6 Å². The molecule has 2 aromatic rings. The number of rotatable bonds is 13. The number of aromatic nitrogens is 1. The Kier molecular flexibility index (Phi) is 10.5. The molecule has 174 valence electrons. The van der Waals surface area contributed by atoms with Gasteiger partial charge in [0.1, 0.15) is 0 Å². The van der Waals surface area contributed by atoms with Crippen LogP contribution in [0, 0.1) is 0 Å². The first kappa shape index (κ1) is 25.6. The number of benzene rings is 1. The Balaban J connectivity index is 1.73. The van der Waals surface area contributed by atoms with Gasteiger partial charge in [0.25, 0.3) is 0 Å². The van der Waals surface area contributed by atoms with E-state index in [2.05, 4.69) is 54.0 Å². The van der Waals surface area contributed by atoms with Crippen LogP contribution in [0.4, 0.5) is 4.79 Å². The standard InChI is InChI=1S/C28H40N2O2/c1-6-7-8-9-10-11-13-24-16-18-30(19-17-24)20-21-32-27(31)29-28(4,5)26-15-12-14-25(22-26)23(2)3/h12,14-19,22H,2,6-11,13,20-21H2,1,3-5H3/p+1. The number of allylic oxidation sites excluding steroid dienone is 1. The third kappa shape index (κ3) is 8.86. The molecule has 1 N–H and O–H groups in total. The van der Waals surface area contributed by atoms with E-state index in [0.717, 1.165) is 23.1 Å². The molecule has 1 heterocycles. The maximum Gasteiger partial charge on any atom is 0.408 e. The molecule has 0 saturated carbocycles. The summed E-state index contributed by atoms with van der Waals surface area (Å²) >= 11 is 0. The fourth-order valence-corrected chi connectivity index (χ4v) is 3.69. The third-order valence-electron chi connectivity index (χ3n) is 5.85. The molecule has 0 aliphatic rings. The van der Waals surface area contributed by atoms with Crippen LogP contribution in [-0.2, 0) is 23.2 Å². The van der Waals surface area contributed by atoms with Crippen LogP contribution >= 0.6 is 0 Å². The normalized spacial score (nSPS) is 11.2. The number of ether oxygens (including phenoxy) is 1. The molecular weight excluding hydrogens is 396 g/mol. The first-order valence-corrected chi connectivity index (χ1v) is 12.0. The minimum atomic E-state index is -0.534. The number of carbonyl (C=O) groups excluding carboxylic acids is 1. The average Bonchev–Trinajstić information content (AvgIpc) is 2.77. The molecule has 4 heteroatoms. The van der Waals surface area contributed by atoms with Crippen LogP contribution in [0.25, 0.3) is 5.57 Å². The van der Waals surface area contributed by atoms with Gasteiger partial charge in [0, 0.05) is 12.1 Å². The number of hydrogen-bond donors (Lipinski definition) is 1. The molecule has 4 nitrogen and oxygen atoms in total. The van der Waals surface area contributed by atoms with Crippen molar-refractivity contribution in [2.45, 2.75) is 84.7 Å². The molecule has 32 heavy (non-hydrogen) atoms.